The summed E-state index contributed by atoms with van der Waals surface area (Å²) in [5, 5.41) is 12.0. The molecule has 0 bridgehead atoms. The van der Waals surface area contributed by atoms with Crippen molar-refractivity contribution in [3.63, 3.8) is 0 Å². The van der Waals surface area contributed by atoms with Gasteiger partial charge in [0, 0.05) is 13.1 Å². The summed E-state index contributed by atoms with van der Waals surface area (Å²) in [4.78, 5) is 39.4. The summed E-state index contributed by atoms with van der Waals surface area (Å²) < 4.78 is 0. The molecule has 0 radical (unpaired) electrons. The van der Waals surface area contributed by atoms with Gasteiger partial charge in [-0.05, 0) is 32.2 Å². The molecule has 2 N–H and O–H groups in total. The highest BCUT2D eigenvalue weighted by Crippen LogP contribution is 2.31. The van der Waals surface area contributed by atoms with Crippen molar-refractivity contribution in [2.24, 2.45) is 0 Å². The smallest absolute Gasteiger partial charge is 0.326 e. The van der Waals surface area contributed by atoms with Crippen molar-refractivity contribution in [2.75, 3.05) is 19.6 Å². The standard InChI is InChI=1S/C16H27N3O4/c1-3-5-6-9-18-10-7-16(8-11-18)14(22)19(15(23)17-16)12(4-2)13(20)21/h12H,3-11H2,1-2H3,(H,17,23)(H,20,21). The number of piperidine rings is 1. The number of carboxylic acids is 1. The van der Waals surface area contributed by atoms with Gasteiger partial charge in [0.1, 0.15) is 11.6 Å². The summed E-state index contributed by atoms with van der Waals surface area (Å²) in [6.07, 6.45) is 4.84. The molecule has 1 spiro atoms. The number of imide groups is 1. The minimum absolute atomic E-state index is 0.216. The van der Waals surface area contributed by atoms with Gasteiger partial charge in [-0.1, -0.05) is 26.7 Å². The van der Waals surface area contributed by atoms with E-state index in [0.29, 0.717) is 12.8 Å². The zero-order chi connectivity index (χ0) is 17.0. The fourth-order valence-electron chi connectivity index (χ4n) is 3.47. The fraction of sp³-hybridized carbons (Fsp3) is 0.812. The lowest BCUT2D eigenvalue weighted by molar-refractivity contribution is -0.148. The summed E-state index contributed by atoms with van der Waals surface area (Å²) in [5.74, 6) is -1.50. The highest BCUT2D eigenvalue weighted by molar-refractivity contribution is 6.09. The normalized spacial score (nSPS) is 22.4. The molecular weight excluding hydrogens is 298 g/mol. The Morgan fingerprint density at radius 2 is 1.91 bits per heavy atom. The van der Waals surface area contributed by atoms with Crippen LogP contribution in [0.1, 0.15) is 52.4 Å². The second kappa shape index (κ2) is 7.29. The van der Waals surface area contributed by atoms with Crippen LogP contribution in [0.3, 0.4) is 0 Å². The molecule has 0 aromatic rings. The number of unbranched alkanes of at least 4 members (excludes halogenated alkanes) is 2. The van der Waals surface area contributed by atoms with Gasteiger partial charge in [-0.3, -0.25) is 4.79 Å². The number of urea groups is 1. The Bertz CT molecular complexity index is 472. The van der Waals surface area contributed by atoms with Crippen molar-refractivity contribution in [1.29, 1.82) is 0 Å². The van der Waals surface area contributed by atoms with E-state index in [1.54, 1.807) is 6.92 Å². The van der Waals surface area contributed by atoms with Gasteiger partial charge in [0.2, 0.25) is 0 Å². The van der Waals surface area contributed by atoms with E-state index in [9.17, 15) is 19.5 Å². The average Bonchev–Trinajstić information content (AvgIpc) is 2.75. The molecule has 2 heterocycles. The monoisotopic (exact) mass is 325 g/mol. The SMILES string of the molecule is CCCCCN1CCC2(CC1)NC(=O)N(C(CC)C(=O)O)C2=O. The maximum Gasteiger partial charge on any atom is 0.326 e. The van der Waals surface area contributed by atoms with Crippen LogP contribution in [0, 0.1) is 0 Å². The van der Waals surface area contributed by atoms with E-state index in [1.807, 2.05) is 0 Å². The Hall–Kier alpha value is -1.63. The number of nitrogens with zero attached hydrogens (tertiary/aromatic N) is 2. The number of aliphatic carboxylic acids is 1. The molecule has 7 heteroatoms. The third-order valence-corrected chi connectivity index (χ3v) is 4.96. The highest BCUT2D eigenvalue weighted by Gasteiger charge is 2.54. The lowest BCUT2D eigenvalue weighted by Crippen LogP contribution is -2.55. The molecule has 3 amide bonds. The van der Waals surface area contributed by atoms with Gasteiger partial charge in [-0.25, -0.2) is 14.5 Å². The van der Waals surface area contributed by atoms with Crippen LogP contribution in [-0.2, 0) is 9.59 Å². The van der Waals surface area contributed by atoms with Gasteiger partial charge in [-0.2, -0.15) is 0 Å². The second-order valence-electron chi connectivity index (χ2n) is 6.50. The van der Waals surface area contributed by atoms with Crippen LogP contribution in [0.25, 0.3) is 0 Å². The minimum Gasteiger partial charge on any atom is -0.480 e. The zero-order valence-electron chi connectivity index (χ0n) is 14.0. The van der Waals surface area contributed by atoms with Crippen LogP contribution in [0.5, 0.6) is 0 Å². The average molecular weight is 325 g/mol. The number of hydrogen-bond acceptors (Lipinski definition) is 4. The molecule has 2 aliphatic rings. The Labute approximate surface area is 137 Å². The van der Waals surface area contributed by atoms with Crippen LogP contribution in [0.2, 0.25) is 0 Å². The summed E-state index contributed by atoms with van der Waals surface area (Å²) in [7, 11) is 0. The van der Waals surface area contributed by atoms with E-state index >= 15 is 0 Å². The first-order chi connectivity index (χ1) is 10.9. The van der Waals surface area contributed by atoms with Gasteiger partial charge in [0.05, 0.1) is 0 Å². The maximum absolute atomic E-state index is 12.7. The number of nitrogens with one attached hydrogen (secondary N) is 1. The topological polar surface area (TPSA) is 90.0 Å². The lowest BCUT2D eigenvalue weighted by atomic mass is 9.87. The Balaban J connectivity index is 2.01. The van der Waals surface area contributed by atoms with Crippen LogP contribution in [0.15, 0.2) is 0 Å². The van der Waals surface area contributed by atoms with Crippen molar-refractivity contribution < 1.29 is 19.5 Å². The van der Waals surface area contributed by atoms with Crippen LogP contribution in [0.4, 0.5) is 4.79 Å². The van der Waals surface area contributed by atoms with Crippen molar-refractivity contribution in [3.05, 3.63) is 0 Å². The summed E-state index contributed by atoms with van der Waals surface area (Å²) in [6, 6.07) is -1.65. The number of likely N-dealkylation sites (tertiary alicyclic amines) is 1. The first kappa shape index (κ1) is 17.7. The van der Waals surface area contributed by atoms with E-state index in [4.69, 9.17) is 0 Å². The second-order valence-corrected chi connectivity index (χ2v) is 6.50. The van der Waals surface area contributed by atoms with Crippen molar-refractivity contribution >= 4 is 17.9 Å². The number of carbonyl (C=O) groups excluding carboxylic acids is 2. The van der Waals surface area contributed by atoms with Crippen molar-refractivity contribution in [2.45, 2.75) is 64.0 Å². The molecule has 0 aromatic heterocycles. The first-order valence-electron chi connectivity index (χ1n) is 8.56. The van der Waals surface area contributed by atoms with E-state index in [2.05, 4.69) is 17.1 Å². The maximum atomic E-state index is 12.7. The van der Waals surface area contributed by atoms with Gasteiger partial charge in [0.25, 0.3) is 5.91 Å². The van der Waals surface area contributed by atoms with Gasteiger partial charge in [0.15, 0.2) is 0 Å². The summed E-state index contributed by atoms with van der Waals surface area (Å²) in [5.41, 5.74) is -0.902. The third-order valence-electron chi connectivity index (χ3n) is 4.96. The van der Waals surface area contributed by atoms with E-state index in [1.165, 1.54) is 12.8 Å². The molecule has 0 saturated carbocycles. The molecule has 23 heavy (non-hydrogen) atoms. The molecule has 0 aliphatic carbocycles. The molecule has 1 atom stereocenters. The lowest BCUT2D eigenvalue weighted by Gasteiger charge is -2.37. The highest BCUT2D eigenvalue weighted by atomic mass is 16.4. The Morgan fingerprint density at radius 3 is 2.43 bits per heavy atom. The number of hydrogen-bond donors (Lipinski definition) is 2. The van der Waals surface area contributed by atoms with Crippen LogP contribution in [-0.4, -0.2) is 64.0 Å². The van der Waals surface area contributed by atoms with Gasteiger partial charge in [-0.15, -0.1) is 0 Å². The number of rotatable bonds is 7. The Morgan fingerprint density at radius 1 is 1.26 bits per heavy atom. The van der Waals surface area contributed by atoms with E-state index < -0.39 is 23.6 Å². The number of carboxylic acid groups (broad SMARTS) is 1. The number of amides is 3. The zero-order valence-corrected chi connectivity index (χ0v) is 14.0. The first-order valence-corrected chi connectivity index (χ1v) is 8.56. The van der Waals surface area contributed by atoms with Crippen molar-refractivity contribution in [3.8, 4) is 0 Å². The minimum atomic E-state index is -1.13. The van der Waals surface area contributed by atoms with Gasteiger partial charge >= 0.3 is 12.0 Å². The van der Waals surface area contributed by atoms with Gasteiger partial charge < -0.3 is 15.3 Å². The molecule has 130 valence electrons. The molecule has 1 unspecified atom stereocenters. The quantitative estimate of drug-likeness (QED) is 0.546. The third kappa shape index (κ3) is 3.49. The largest absolute Gasteiger partial charge is 0.480 e. The molecular formula is C16H27N3O4. The van der Waals surface area contributed by atoms with Crippen molar-refractivity contribution in [1.82, 2.24) is 15.1 Å². The summed E-state index contributed by atoms with van der Waals surface area (Å²) in [6.45, 7) is 6.36. The molecule has 2 fully saturated rings. The summed E-state index contributed by atoms with van der Waals surface area (Å²) >= 11 is 0. The van der Waals surface area contributed by atoms with E-state index in [-0.39, 0.29) is 12.3 Å². The predicted molar refractivity (Wildman–Crippen MR) is 85.0 cm³/mol. The molecule has 2 saturated heterocycles. The molecule has 2 aliphatic heterocycles. The predicted octanol–water partition coefficient (Wildman–Crippen LogP) is 1.43. The van der Waals surface area contributed by atoms with Crippen LogP contribution < -0.4 is 5.32 Å². The van der Waals surface area contributed by atoms with E-state index in [0.717, 1.165) is 31.0 Å². The number of carbonyl (C=O) groups is 3. The van der Waals surface area contributed by atoms with Crippen LogP contribution >= 0.6 is 0 Å². The Kier molecular flexibility index (Phi) is 5.62. The fourth-order valence-corrected chi connectivity index (χ4v) is 3.47. The molecule has 2 rings (SSSR count). The molecule has 7 nitrogen and oxygen atoms in total. The molecule has 0 aromatic carbocycles.